The molecule has 0 aliphatic heterocycles. The quantitative estimate of drug-likeness (QED) is 0.638. The van der Waals surface area contributed by atoms with Crippen molar-refractivity contribution in [3.8, 4) is 5.75 Å². The molecule has 112 valence electrons. The van der Waals surface area contributed by atoms with Gasteiger partial charge in [-0.2, -0.15) is 0 Å². The zero-order valence-corrected chi connectivity index (χ0v) is 12.1. The van der Waals surface area contributed by atoms with Gasteiger partial charge in [-0.1, -0.05) is 19.1 Å². The molecule has 0 radical (unpaired) electrons. The van der Waals surface area contributed by atoms with E-state index in [0.717, 1.165) is 31.6 Å². The summed E-state index contributed by atoms with van der Waals surface area (Å²) in [5.74, 6) is 0.787. The number of benzene rings is 1. The molecule has 20 heavy (non-hydrogen) atoms. The van der Waals surface area contributed by atoms with Gasteiger partial charge >= 0.3 is 0 Å². The minimum absolute atomic E-state index is 0.0799. The summed E-state index contributed by atoms with van der Waals surface area (Å²) in [4.78, 5) is 0. The lowest BCUT2D eigenvalue weighted by Crippen LogP contribution is -2.35. The van der Waals surface area contributed by atoms with Crippen molar-refractivity contribution in [3.05, 3.63) is 29.8 Å². The van der Waals surface area contributed by atoms with Crippen LogP contribution in [0.15, 0.2) is 24.3 Å². The van der Waals surface area contributed by atoms with Gasteiger partial charge in [0.15, 0.2) is 0 Å². The summed E-state index contributed by atoms with van der Waals surface area (Å²) in [6.07, 6.45) is 2.63. The van der Waals surface area contributed by atoms with E-state index >= 15 is 0 Å². The fourth-order valence-corrected chi connectivity index (χ4v) is 2.14. The Bertz CT molecular complexity index is 401. The van der Waals surface area contributed by atoms with Crippen LogP contribution in [0, 0.1) is 5.41 Å². The summed E-state index contributed by atoms with van der Waals surface area (Å²) in [7, 11) is 0. The van der Waals surface area contributed by atoms with Gasteiger partial charge in [-0.05, 0) is 37.0 Å². The number of aliphatic hydroxyl groups is 2. The fraction of sp³-hybridized carbons (Fsp3) is 0.625. The number of nitrogens with one attached hydrogen (secondary N) is 1. The first-order valence-corrected chi connectivity index (χ1v) is 7.39. The molecule has 0 spiro atoms. The summed E-state index contributed by atoms with van der Waals surface area (Å²) >= 11 is 0. The largest absolute Gasteiger partial charge is 0.491 e. The molecule has 1 aliphatic carbocycles. The number of hydrogen-bond acceptors (Lipinski definition) is 4. The summed E-state index contributed by atoms with van der Waals surface area (Å²) < 4.78 is 5.55. The van der Waals surface area contributed by atoms with Gasteiger partial charge in [-0.15, -0.1) is 0 Å². The summed E-state index contributed by atoms with van der Waals surface area (Å²) in [5, 5.41) is 22.2. The lowest BCUT2D eigenvalue weighted by Gasteiger charge is -2.16. The van der Waals surface area contributed by atoms with E-state index in [1.807, 2.05) is 24.3 Å². The second-order valence-electron chi connectivity index (χ2n) is 5.75. The van der Waals surface area contributed by atoms with Crippen molar-refractivity contribution >= 4 is 0 Å². The van der Waals surface area contributed by atoms with Crippen LogP contribution in [0.1, 0.15) is 25.3 Å². The van der Waals surface area contributed by atoms with Crippen LogP contribution in [-0.2, 0) is 6.42 Å². The first-order chi connectivity index (χ1) is 9.67. The third-order valence-corrected chi connectivity index (χ3v) is 3.95. The van der Waals surface area contributed by atoms with Gasteiger partial charge in [0.2, 0.25) is 0 Å². The van der Waals surface area contributed by atoms with Gasteiger partial charge in [0.1, 0.15) is 18.5 Å². The molecule has 0 saturated heterocycles. The molecule has 1 fully saturated rings. The lowest BCUT2D eigenvalue weighted by atomic mass is 10.1. The van der Waals surface area contributed by atoms with Crippen molar-refractivity contribution in [2.75, 3.05) is 26.3 Å². The Morgan fingerprint density at radius 2 is 2.00 bits per heavy atom. The highest BCUT2D eigenvalue weighted by molar-refractivity contribution is 5.27. The molecule has 0 heterocycles. The summed E-state index contributed by atoms with van der Waals surface area (Å²) in [5.41, 5.74) is 1.36. The van der Waals surface area contributed by atoms with Gasteiger partial charge < -0.3 is 20.3 Å². The van der Waals surface area contributed by atoms with Crippen LogP contribution in [-0.4, -0.2) is 42.6 Å². The van der Waals surface area contributed by atoms with E-state index in [9.17, 15) is 10.2 Å². The van der Waals surface area contributed by atoms with E-state index < -0.39 is 6.10 Å². The van der Waals surface area contributed by atoms with Crippen molar-refractivity contribution < 1.29 is 14.9 Å². The van der Waals surface area contributed by atoms with E-state index in [1.54, 1.807) is 0 Å². The van der Waals surface area contributed by atoms with Crippen LogP contribution in [0.5, 0.6) is 5.75 Å². The van der Waals surface area contributed by atoms with Gasteiger partial charge in [0, 0.05) is 25.1 Å². The zero-order valence-electron chi connectivity index (χ0n) is 12.1. The van der Waals surface area contributed by atoms with Gasteiger partial charge in [-0.3, -0.25) is 0 Å². The average Bonchev–Trinajstić information content (AvgIpc) is 3.26. The Balaban J connectivity index is 1.62. The van der Waals surface area contributed by atoms with Crippen molar-refractivity contribution in [2.24, 2.45) is 5.41 Å². The third kappa shape index (κ3) is 4.47. The molecule has 4 heteroatoms. The highest BCUT2D eigenvalue weighted by atomic mass is 16.5. The molecule has 1 aromatic rings. The molecular weight excluding hydrogens is 254 g/mol. The van der Waals surface area contributed by atoms with Crippen molar-refractivity contribution in [3.63, 3.8) is 0 Å². The third-order valence-electron chi connectivity index (χ3n) is 3.95. The second kappa shape index (κ2) is 7.07. The van der Waals surface area contributed by atoms with E-state index in [2.05, 4.69) is 12.2 Å². The average molecular weight is 279 g/mol. The topological polar surface area (TPSA) is 61.7 Å². The summed E-state index contributed by atoms with van der Waals surface area (Å²) in [6, 6.07) is 7.95. The van der Waals surface area contributed by atoms with Crippen LogP contribution < -0.4 is 10.1 Å². The lowest BCUT2D eigenvalue weighted by molar-refractivity contribution is 0.103. The zero-order chi connectivity index (χ0) is 14.4. The SMILES string of the molecule is CCc1ccc(OCC(O)CNCC2(CO)CC2)cc1. The van der Waals surface area contributed by atoms with Crippen LogP contribution in [0.2, 0.25) is 0 Å². The molecule has 3 N–H and O–H groups in total. The Morgan fingerprint density at radius 3 is 2.55 bits per heavy atom. The highest BCUT2D eigenvalue weighted by Gasteiger charge is 2.41. The number of aliphatic hydroxyl groups excluding tert-OH is 2. The van der Waals surface area contributed by atoms with Crippen molar-refractivity contribution in [1.82, 2.24) is 5.32 Å². The number of ether oxygens (including phenoxy) is 1. The van der Waals surface area contributed by atoms with E-state index in [4.69, 9.17) is 4.74 Å². The molecule has 4 nitrogen and oxygen atoms in total. The maximum Gasteiger partial charge on any atom is 0.119 e. The highest BCUT2D eigenvalue weighted by Crippen LogP contribution is 2.44. The predicted molar refractivity (Wildman–Crippen MR) is 78.9 cm³/mol. The van der Waals surface area contributed by atoms with Gasteiger partial charge in [-0.25, -0.2) is 0 Å². The molecule has 1 aromatic carbocycles. The second-order valence-corrected chi connectivity index (χ2v) is 5.75. The fourth-order valence-electron chi connectivity index (χ4n) is 2.14. The Morgan fingerprint density at radius 1 is 1.30 bits per heavy atom. The number of rotatable bonds is 9. The first kappa shape index (κ1) is 15.3. The van der Waals surface area contributed by atoms with Crippen LogP contribution >= 0.6 is 0 Å². The van der Waals surface area contributed by atoms with E-state index in [1.165, 1.54) is 5.56 Å². The molecule has 0 amide bonds. The van der Waals surface area contributed by atoms with E-state index in [0.29, 0.717) is 6.54 Å². The standard InChI is InChI=1S/C16H25NO3/c1-2-13-3-5-15(6-4-13)20-10-14(19)9-17-11-16(12-18)7-8-16/h3-6,14,17-19H,2,7-12H2,1H3. The molecule has 0 aromatic heterocycles. The van der Waals surface area contributed by atoms with E-state index in [-0.39, 0.29) is 18.6 Å². The molecule has 0 bridgehead atoms. The Labute approximate surface area is 120 Å². The molecule has 2 rings (SSSR count). The number of hydrogen-bond donors (Lipinski definition) is 3. The molecular formula is C16H25NO3. The Kier molecular flexibility index (Phi) is 5.40. The van der Waals surface area contributed by atoms with Crippen LogP contribution in [0.4, 0.5) is 0 Å². The minimum atomic E-state index is -0.532. The maximum absolute atomic E-state index is 9.85. The normalized spacial score (nSPS) is 17.8. The van der Waals surface area contributed by atoms with Gasteiger partial charge in [0.05, 0.1) is 0 Å². The van der Waals surface area contributed by atoms with Crippen LogP contribution in [0.3, 0.4) is 0 Å². The molecule has 1 unspecified atom stereocenters. The molecule has 1 saturated carbocycles. The maximum atomic E-state index is 9.85. The summed E-state index contributed by atoms with van der Waals surface area (Å²) in [6.45, 7) is 3.89. The molecule has 1 atom stereocenters. The van der Waals surface area contributed by atoms with Crippen molar-refractivity contribution in [2.45, 2.75) is 32.3 Å². The van der Waals surface area contributed by atoms with Crippen molar-refractivity contribution in [1.29, 1.82) is 0 Å². The van der Waals surface area contributed by atoms with Crippen LogP contribution in [0.25, 0.3) is 0 Å². The smallest absolute Gasteiger partial charge is 0.119 e. The number of aryl methyl sites for hydroxylation is 1. The molecule has 1 aliphatic rings. The minimum Gasteiger partial charge on any atom is -0.491 e. The van der Waals surface area contributed by atoms with Gasteiger partial charge in [0.25, 0.3) is 0 Å². The monoisotopic (exact) mass is 279 g/mol. The predicted octanol–water partition coefficient (Wildman–Crippen LogP) is 1.35. The first-order valence-electron chi connectivity index (χ1n) is 7.39. The Hall–Kier alpha value is -1.10.